The standard InChI is InChI=1S/C23H21NO5S/c25-10-14-12-30-13-20(14)22(27)21(26)9-24-23(28)29-11-19-17-7-3-1-5-15(17)16-6-2-4-8-18(16)19/h1-8,10,12-13,19,21-22,26-27H,9,11H2,(H,24,28). The molecule has 4 rings (SSSR count). The predicted octanol–water partition coefficient (Wildman–Crippen LogP) is 3.49. The second-order valence-corrected chi connectivity index (χ2v) is 7.86. The van der Waals surface area contributed by atoms with E-state index in [2.05, 4.69) is 17.4 Å². The lowest BCUT2D eigenvalue weighted by Gasteiger charge is -2.19. The number of thiophene rings is 1. The van der Waals surface area contributed by atoms with Crippen LogP contribution >= 0.6 is 11.3 Å². The van der Waals surface area contributed by atoms with Gasteiger partial charge >= 0.3 is 6.09 Å². The zero-order valence-corrected chi connectivity index (χ0v) is 16.8. The molecule has 3 aromatic rings. The molecule has 2 aromatic carbocycles. The van der Waals surface area contributed by atoms with Crippen molar-refractivity contribution in [3.8, 4) is 11.1 Å². The zero-order chi connectivity index (χ0) is 21.1. The summed E-state index contributed by atoms with van der Waals surface area (Å²) in [5.41, 5.74) is 5.18. The molecule has 0 spiro atoms. The smallest absolute Gasteiger partial charge is 0.407 e. The normalized spacial score (nSPS) is 14.5. The molecule has 0 fully saturated rings. The summed E-state index contributed by atoms with van der Waals surface area (Å²) < 4.78 is 5.41. The van der Waals surface area contributed by atoms with Crippen molar-refractivity contribution in [2.75, 3.05) is 13.2 Å². The second-order valence-electron chi connectivity index (χ2n) is 7.12. The van der Waals surface area contributed by atoms with E-state index in [1.165, 1.54) is 11.3 Å². The molecule has 0 saturated carbocycles. The predicted molar refractivity (Wildman–Crippen MR) is 114 cm³/mol. The van der Waals surface area contributed by atoms with Gasteiger partial charge in [0.25, 0.3) is 0 Å². The van der Waals surface area contributed by atoms with Gasteiger partial charge in [-0.05, 0) is 27.6 Å². The molecule has 0 aliphatic heterocycles. The number of aliphatic hydroxyl groups excluding tert-OH is 2. The van der Waals surface area contributed by atoms with E-state index in [-0.39, 0.29) is 19.1 Å². The van der Waals surface area contributed by atoms with Crippen LogP contribution < -0.4 is 5.32 Å². The molecule has 1 aliphatic carbocycles. The number of aliphatic hydroxyl groups is 2. The largest absolute Gasteiger partial charge is 0.449 e. The molecule has 2 unspecified atom stereocenters. The lowest BCUT2D eigenvalue weighted by molar-refractivity contribution is 0.0184. The molecule has 30 heavy (non-hydrogen) atoms. The summed E-state index contributed by atoms with van der Waals surface area (Å²) >= 11 is 1.26. The Labute approximate surface area is 177 Å². The van der Waals surface area contributed by atoms with Crippen molar-refractivity contribution in [3.05, 3.63) is 81.5 Å². The van der Waals surface area contributed by atoms with Crippen LogP contribution in [0.3, 0.4) is 0 Å². The lowest BCUT2D eigenvalue weighted by Crippen LogP contribution is -2.36. The van der Waals surface area contributed by atoms with Crippen molar-refractivity contribution in [3.63, 3.8) is 0 Å². The average Bonchev–Trinajstić information content (AvgIpc) is 3.38. The summed E-state index contributed by atoms with van der Waals surface area (Å²) in [6, 6.07) is 16.1. The number of aldehydes is 1. The quantitative estimate of drug-likeness (QED) is 0.506. The Kier molecular flexibility index (Phi) is 5.94. The van der Waals surface area contributed by atoms with Crippen LogP contribution in [0.4, 0.5) is 4.79 Å². The minimum Gasteiger partial charge on any atom is -0.449 e. The summed E-state index contributed by atoms with van der Waals surface area (Å²) in [6.07, 6.45) is -2.59. The van der Waals surface area contributed by atoms with E-state index >= 15 is 0 Å². The summed E-state index contributed by atoms with van der Waals surface area (Å²) in [7, 11) is 0. The van der Waals surface area contributed by atoms with E-state index < -0.39 is 18.3 Å². The van der Waals surface area contributed by atoms with Crippen molar-refractivity contribution >= 4 is 23.7 Å². The van der Waals surface area contributed by atoms with Crippen molar-refractivity contribution < 1.29 is 24.5 Å². The number of alkyl carbamates (subject to hydrolysis) is 1. The summed E-state index contributed by atoms with van der Waals surface area (Å²) in [6.45, 7) is -0.0374. The van der Waals surface area contributed by atoms with E-state index in [9.17, 15) is 19.8 Å². The Morgan fingerprint density at radius 3 is 2.33 bits per heavy atom. The molecular formula is C23H21NO5S. The number of rotatable bonds is 7. The maximum atomic E-state index is 12.2. The molecule has 1 amide bonds. The number of carbonyl (C=O) groups is 2. The van der Waals surface area contributed by atoms with Crippen LogP contribution in [0.5, 0.6) is 0 Å². The fraction of sp³-hybridized carbons (Fsp3) is 0.217. The monoisotopic (exact) mass is 423 g/mol. The molecular weight excluding hydrogens is 402 g/mol. The minimum absolute atomic E-state index is 0.0559. The number of amides is 1. The van der Waals surface area contributed by atoms with Crippen LogP contribution in [-0.4, -0.2) is 41.8 Å². The van der Waals surface area contributed by atoms with Gasteiger partial charge in [0.15, 0.2) is 6.29 Å². The van der Waals surface area contributed by atoms with Gasteiger partial charge in [0.1, 0.15) is 18.8 Å². The topological polar surface area (TPSA) is 95.9 Å². The molecule has 1 aliphatic rings. The average molecular weight is 423 g/mol. The number of carbonyl (C=O) groups excluding carboxylic acids is 2. The highest BCUT2D eigenvalue weighted by Crippen LogP contribution is 2.44. The molecule has 1 aromatic heterocycles. The number of hydrogen-bond acceptors (Lipinski definition) is 6. The van der Waals surface area contributed by atoms with Crippen LogP contribution in [0.1, 0.15) is 39.1 Å². The van der Waals surface area contributed by atoms with Crippen LogP contribution in [0.15, 0.2) is 59.3 Å². The highest BCUT2D eigenvalue weighted by molar-refractivity contribution is 7.08. The van der Waals surface area contributed by atoms with Gasteiger partial charge < -0.3 is 20.3 Å². The van der Waals surface area contributed by atoms with Gasteiger partial charge in [0.05, 0.1) is 0 Å². The van der Waals surface area contributed by atoms with Crippen LogP contribution in [0, 0.1) is 0 Å². The van der Waals surface area contributed by atoms with Crippen molar-refractivity contribution in [1.82, 2.24) is 5.32 Å². The first kappa shape index (κ1) is 20.3. The number of benzene rings is 2. The number of ether oxygens (including phenoxy) is 1. The van der Waals surface area contributed by atoms with Gasteiger partial charge in [0.2, 0.25) is 0 Å². The molecule has 0 bridgehead atoms. The number of hydrogen-bond donors (Lipinski definition) is 3. The van der Waals surface area contributed by atoms with Gasteiger partial charge in [-0.3, -0.25) is 4.79 Å². The molecule has 0 radical (unpaired) electrons. The van der Waals surface area contributed by atoms with Crippen LogP contribution in [0.25, 0.3) is 11.1 Å². The first-order valence-electron chi connectivity index (χ1n) is 9.56. The maximum absolute atomic E-state index is 12.2. The number of fused-ring (bicyclic) bond motifs is 3. The van der Waals surface area contributed by atoms with E-state index in [0.29, 0.717) is 17.4 Å². The Morgan fingerprint density at radius 2 is 1.70 bits per heavy atom. The van der Waals surface area contributed by atoms with E-state index in [1.807, 2.05) is 36.4 Å². The SMILES string of the molecule is O=Cc1cscc1C(O)C(O)CNC(=O)OCC1c2ccccc2-c2ccccc21. The van der Waals surface area contributed by atoms with Gasteiger partial charge in [-0.15, -0.1) is 0 Å². The summed E-state index contributed by atoms with van der Waals surface area (Å²) in [4.78, 5) is 23.2. The number of nitrogens with one attached hydrogen (secondary N) is 1. The molecule has 1 heterocycles. The molecule has 2 atom stereocenters. The first-order chi connectivity index (χ1) is 14.6. The molecule has 154 valence electrons. The zero-order valence-electron chi connectivity index (χ0n) is 16.0. The van der Waals surface area contributed by atoms with Crippen LogP contribution in [-0.2, 0) is 4.74 Å². The Bertz CT molecular complexity index is 1020. The second kappa shape index (κ2) is 8.79. The first-order valence-corrected chi connectivity index (χ1v) is 10.5. The Hall–Kier alpha value is -3.00. The molecule has 6 nitrogen and oxygen atoms in total. The van der Waals surface area contributed by atoms with Crippen LogP contribution in [0.2, 0.25) is 0 Å². The Balaban J connectivity index is 1.35. The van der Waals surface area contributed by atoms with Gasteiger partial charge in [-0.1, -0.05) is 48.5 Å². The minimum atomic E-state index is -1.27. The third-order valence-electron chi connectivity index (χ3n) is 5.33. The fourth-order valence-corrected chi connectivity index (χ4v) is 4.64. The highest BCUT2D eigenvalue weighted by atomic mass is 32.1. The van der Waals surface area contributed by atoms with Gasteiger partial charge in [-0.2, -0.15) is 11.3 Å². The molecule has 0 saturated heterocycles. The lowest BCUT2D eigenvalue weighted by atomic mass is 9.98. The van der Waals surface area contributed by atoms with E-state index in [0.717, 1.165) is 22.3 Å². The maximum Gasteiger partial charge on any atom is 0.407 e. The van der Waals surface area contributed by atoms with Crippen molar-refractivity contribution in [1.29, 1.82) is 0 Å². The molecule has 3 N–H and O–H groups in total. The summed E-state index contributed by atoms with van der Waals surface area (Å²) in [5, 5.41) is 26.1. The summed E-state index contributed by atoms with van der Waals surface area (Å²) in [5.74, 6) is -0.0559. The molecule has 7 heteroatoms. The third kappa shape index (κ3) is 3.87. The highest BCUT2D eigenvalue weighted by Gasteiger charge is 2.29. The van der Waals surface area contributed by atoms with E-state index in [1.54, 1.807) is 10.8 Å². The van der Waals surface area contributed by atoms with Gasteiger partial charge in [0, 0.05) is 29.0 Å². The fourth-order valence-electron chi connectivity index (χ4n) is 3.81. The van der Waals surface area contributed by atoms with Gasteiger partial charge in [-0.25, -0.2) is 4.79 Å². The van der Waals surface area contributed by atoms with Crippen molar-refractivity contribution in [2.24, 2.45) is 0 Å². The van der Waals surface area contributed by atoms with E-state index in [4.69, 9.17) is 4.74 Å². The Morgan fingerprint density at radius 1 is 1.07 bits per heavy atom. The third-order valence-corrected chi connectivity index (χ3v) is 6.11. The van der Waals surface area contributed by atoms with Crippen molar-refractivity contribution in [2.45, 2.75) is 18.1 Å².